The molecule has 0 amide bonds. The summed E-state index contributed by atoms with van der Waals surface area (Å²) in [6.45, 7) is 4.37. The third kappa shape index (κ3) is 4.00. The van der Waals surface area contributed by atoms with Gasteiger partial charge in [-0.2, -0.15) is 5.10 Å². The van der Waals surface area contributed by atoms with Crippen LogP contribution in [0.15, 0.2) is 12.7 Å². The summed E-state index contributed by atoms with van der Waals surface area (Å²) < 4.78 is 1.89. The van der Waals surface area contributed by atoms with E-state index >= 15 is 0 Å². The Morgan fingerprint density at radius 2 is 2.40 bits per heavy atom. The first-order valence-electron chi connectivity index (χ1n) is 5.90. The molecule has 1 aliphatic carbocycles. The van der Waals surface area contributed by atoms with E-state index < -0.39 is 0 Å². The maximum Gasteiger partial charge on any atom is 0.137 e. The van der Waals surface area contributed by atoms with E-state index in [2.05, 4.69) is 22.3 Å². The number of nitrogens with one attached hydrogen (secondary N) is 1. The summed E-state index contributed by atoms with van der Waals surface area (Å²) in [5.41, 5.74) is 0. The van der Waals surface area contributed by atoms with Crippen LogP contribution in [0.3, 0.4) is 0 Å². The number of hydrogen-bond acceptors (Lipinski definition) is 3. The first-order valence-corrected chi connectivity index (χ1v) is 5.90. The molecule has 84 valence electrons. The van der Waals surface area contributed by atoms with E-state index in [4.69, 9.17) is 0 Å². The first kappa shape index (κ1) is 10.6. The second-order valence-electron chi connectivity index (χ2n) is 4.53. The molecule has 0 aromatic carbocycles. The van der Waals surface area contributed by atoms with Crippen molar-refractivity contribution in [3.8, 4) is 0 Å². The summed E-state index contributed by atoms with van der Waals surface area (Å²) in [5, 5.41) is 7.64. The lowest BCUT2D eigenvalue weighted by Gasteiger charge is -2.13. The van der Waals surface area contributed by atoms with Crippen molar-refractivity contribution in [1.82, 2.24) is 20.1 Å². The predicted molar refractivity (Wildman–Crippen MR) is 59.4 cm³/mol. The molecule has 1 fully saturated rings. The van der Waals surface area contributed by atoms with Gasteiger partial charge >= 0.3 is 0 Å². The van der Waals surface area contributed by atoms with Crippen LogP contribution in [0, 0.1) is 5.92 Å². The van der Waals surface area contributed by atoms with Gasteiger partial charge in [0.2, 0.25) is 0 Å². The van der Waals surface area contributed by atoms with Crippen molar-refractivity contribution in [3.63, 3.8) is 0 Å². The van der Waals surface area contributed by atoms with Crippen LogP contribution in [0.2, 0.25) is 0 Å². The van der Waals surface area contributed by atoms with Crippen molar-refractivity contribution in [2.75, 3.05) is 6.54 Å². The largest absolute Gasteiger partial charge is 0.314 e. The molecule has 0 aliphatic heterocycles. The Labute approximate surface area is 91.1 Å². The Morgan fingerprint density at radius 3 is 3.07 bits per heavy atom. The Hall–Kier alpha value is -0.900. The van der Waals surface area contributed by atoms with E-state index in [9.17, 15) is 0 Å². The molecule has 4 heteroatoms. The molecule has 0 radical (unpaired) electrons. The maximum atomic E-state index is 4.08. The highest BCUT2D eigenvalue weighted by Gasteiger charge is 2.20. The smallest absolute Gasteiger partial charge is 0.137 e. The minimum atomic E-state index is 0.577. The molecule has 4 nitrogen and oxygen atoms in total. The van der Waals surface area contributed by atoms with Gasteiger partial charge in [0.05, 0.1) is 0 Å². The van der Waals surface area contributed by atoms with Crippen molar-refractivity contribution < 1.29 is 0 Å². The maximum absolute atomic E-state index is 4.08. The average molecular weight is 208 g/mol. The topological polar surface area (TPSA) is 42.7 Å². The molecule has 2 rings (SSSR count). The second-order valence-corrected chi connectivity index (χ2v) is 4.53. The van der Waals surface area contributed by atoms with Crippen LogP contribution in [-0.4, -0.2) is 27.4 Å². The van der Waals surface area contributed by atoms with Crippen molar-refractivity contribution in [2.24, 2.45) is 5.92 Å². The molecule has 0 saturated heterocycles. The molecule has 1 saturated carbocycles. The highest BCUT2D eigenvalue weighted by molar-refractivity contribution is 4.74. The minimum absolute atomic E-state index is 0.577. The average Bonchev–Trinajstić information content (AvgIpc) is 2.91. The van der Waals surface area contributed by atoms with Gasteiger partial charge < -0.3 is 5.32 Å². The SMILES string of the molecule is CC(CCn1cncn1)NCCC1CC1. The molecule has 0 bridgehead atoms. The van der Waals surface area contributed by atoms with E-state index in [1.165, 1.54) is 25.8 Å². The van der Waals surface area contributed by atoms with Gasteiger partial charge in [-0.05, 0) is 32.2 Å². The van der Waals surface area contributed by atoms with Gasteiger partial charge in [0, 0.05) is 12.6 Å². The Kier molecular flexibility index (Phi) is 3.72. The fraction of sp³-hybridized carbons (Fsp3) is 0.818. The molecule has 1 N–H and O–H groups in total. The van der Waals surface area contributed by atoms with Crippen molar-refractivity contribution >= 4 is 0 Å². The van der Waals surface area contributed by atoms with Crippen LogP contribution in [0.4, 0.5) is 0 Å². The molecule has 0 spiro atoms. The Balaban J connectivity index is 1.53. The monoisotopic (exact) mass is 208 g/mol. The number of aromatic nitrogens is 3. The van der Waals surface area contributed by atoms with Crippen LogP contribution >= 0.6 is 0 Å². The lowest BCUT2D eigenvalue weighted by Crippen LogP contribution is -2.28. The molecule has 1 aromatic heterocycles. The zero-order chi connectivity index (χ0) is 10.5. The summed E-state index contributed by atoms with van der Waals surface area (Å²) >= 11 is 0. The zero-order valence-electron chi connectivity index (χ0n) is 9.39. The predicted octanol–water partition coefficient (Wildman–Crippen LogP) is 1.45. The van der Waals surface area contributed by atoms with Crippen LogP contribution in [-0.2, 0) is 6.54 Å². The van der Waals surface area contributed by atoms with Gasteiger partial charge in [0.15, 0.2) is 0 Å². The molecule has 1 aromatic rings. The molecular weight excluding hydrogens is 188 g/mol. The van der Waals surface area contributed by atoms with Crippen molar-refractivity contribution in [2.45, 2.75) is 45.2 Å². The lowest BCUT2D eigenvalue weighted by atomic mass is 10.2. The highest BCUT2D eigenvalue weighted by Crippen LogP contribution is 2.31. The van der Waals surface area contributed by atoms with E-state index in [0.29, 0.717) is 6.04 Å². The summed E-state index contributed by atoms with van der Waals surface area (Å²) in [6.07, 6.45) is 8.74. The standard InChI is InChI=1S/C11H20N4/c1-10(13-6-4-11-2-3-11)5-7-15-9-12-8-14-15/h8-11,13H,2-7H2,1H3. The number of rotatable bonds is 7. The third-order valence-electron chi connectivity index (χ3n) is 3.00. The molecule has 1 atom stereocenters. The quantitative estimate of drug-likeness (QED) is 0.737. The van der Waals surface area contributed by atoms with Gasteiger partial charge in [0.1, 0.15) is 12.7 Å². The summed E-state index contributed by atoms with van der Waals surface area (Å²) in [4.78, 5) is 3.93. The van der Waals surface area contributed by atoms with E-state index in [0.717, 1.165) is 18.9 Å². The van der Waals surface area contributed by atoms with Crippen molar-refractivity contribution in [3.05, 3.63) is 12.7 Å². The summed E-state index contributed by atoms with van der Waals surface area (Å²) in [5.74, 6) is 1.03. The van der Waals surface area contributed by atoms with Crippen LogP contribution in [0.5, 0.6) is 0 Å². The fourth-order valence-electron chi connectivity index (χ4n) is 1.72. The van der Waals surface area contributed by atoms with E-state index in [1.807, 2.05) is 4.68 Å². The van der Waals surface area contributed by atoms with E-state index in [1.54, 1.807) is 12.7 Å². The fourth-order valence-corrected chi connectivity index (χ4v) is 1.72. The lowest BCUT2D eigenvalue weighted by molar-refractivity contribution is 0.449. The normalized spacial score (nSPS) is 17.9. The molecule has 15 heavy (non-hydrogen) atoms. The Morgan fingerprint density at radius 1 is 1.53 bits per heavy atom. The van der Waals surface area contributed by atoms with Crippen LogP contribution in [0.25, 0.3) is 0 Å². The highest BCUT2D eigenvalue weighted by atomic mass is 15.3. The number of hydrogen-bond donors (Lipinski definition) is 1. The van der Waals surface area contributed by atoms with Gasteiger partial charge in [-0.1, -0.05) is 12.8 Å². The summed E-state index contributed by atoms with van der Waals surface area (Å²) in [6, 6.07) is 0.577. The molecule has 1 aliphatic rings. The molecular formula is C11H20N4. The van der Waals surface area contributed by atoms with Gasteiger partial charge in [-0.25, -0.2) is 4.98 Å². The molecule has 1 heterocycles. The second kappa shape index (κ2) is 5.26. The Bertz CT molecular complexity index is 266. The van der Waals surface area contributed by atoms with Crippen molar-refractivity contribution in [1.29, 1.82) is 0 Å². The number of nitrogens with zero attached hydrogens (tertiary/aromatic N) is 3. The van der Waals surface area contributed by atoms with E-state index in [-0.39, 0.29) is 0 Å². The summed E-state index contributed by atoms with van der Waals surface area (Å²) in [7, 11) is 0. The molecule has 1 unspecified atom stereocenters. The number of aryl methyl sites for hydroxylation is 1. The zero-order valence-corrected chi connectivity index (χ0v) is 9.39. The minimum Gasteiger partial charge on any atom is -0.314 e. The first-order chi connectivity index (χ1) is 7.34. The third-order valence-corrected chi connectivity index (χ3v) is 3.00. The van der Waals surface area contributed by atoms with Gasteiger partial charge in [-0.3, -0.25) is 4.68 Å². The van der Waals surface area contributed by atoms with Gasteiger partial charge in [0.25, 0.3) is 0 Å². The van der Waals surface area contributed by atoms with Gasteiger partial charge in [-0.15, -0.1) is 0 Å². The van der Waals surface area contributed by atoms with Crippen LogP contribution < -0.4 is 5.32 Å². The van der Waals surface area contributed by atoms with Crippen LogP contribution in [0.1, 0.15) is 32.6 Å².